The number of unbranched alkanes of at least 4 members (excludes halogenated alkanes) is 1. The van der Waals surface area contributed by atoms with Gasteiger partial charge >= 0.3 is 0 Å². The molecule has 360 valence electrons. The molecular weight excluding hydrogens is 1020 g/mol. The van der Waals surface area contributed by atoms with E-state index in [9.17, 15) is 0 Å². The van der Waals surface area contributed by atoms with Crippen LogP contribution in [0.25, 0.3) is 38.8 Å². The molecule has 69 heavy (non-hydrogen) atoms. The summed E-state index contributed by atoms with van der Waals surface area (Å²) < 4.78 is 8.74. The molecule has 6 heteroatoms. The maximum absolute atomic E-state index is 6.52. The molecule has 0 atom stereocenters. The average Bonchev–Trinajstić information content (AvgIpc) is 3.84. The molecule has 0 fully saturated rings. The van der Waals surface area contributed by atoms with E-state index in [2.05, 4.69) is 231 Å². The van der Waals surface area contributed by atoms with Gasteiger partial charge in [-0.05, 0) is 129 Å². The Morgan fingerprint density at radius 3 is 2.07 bits per heavy atom. The fourth-order valence-corrected chi connectivity index (χ4v) is 9.70. The number of hydrogen-bond donors (Lipinski definition) is 0. The van der Waals surface area contributed by atoms with E-state index in [0.29, 0.717) is 18.3 Å². The summed E-state index contributed by atoms with van der Waals surface area (Å²) in [4.78, 5) is 9.55. The Bertz CT molecular complexity index is 3050. The second kappa shape index (κ2) is 20.0. The standard InChI is InChI=1S/C63H69N4O.Pt/c1-43(2)34-45-21-19-25-53(46-36-48(62(6,7)8)38-49(37-46)63(9,10)11)52(45)23-16-17-33-65-42-66(58-28-15-14-27-57(58)65)50-22-18-20-44(35-50)41-68-51-29-30-55-54-24-12-13-26-56(54)67(59(55)40-51)60-39-47(31-32-64-60)61(3,4)5;/h12-15,18-22,24-32,36-39,42-43H,16-17,23,33-34,41H2,1-11H3;/q-3;. The molecule has 9 rings (SSSR count). The molecule has 0 spiro atoms. The first kappa shape index (κ1) is 49.8. The Labute approximate surface area is 427 Å². The molecule has 1 aliphatic rings. The van der Waals surface area contributed by atoms with Crippen LogP contribution < -0.4 is 14.5 Å². The van der Waals surface area contributed by atoms with Crippen LogP contribution in [-0.2, 0) is 56.8 Å². The van der Waals surface area contributed by atoms with Crippen molar-refractivity contribution in [2.24, 2.45) is 5.92 Å². The number of anilines is 3. The Hall–Kier alpha value is -5.64. The molecule has 0 amide bonds. The van der Waals surface area contributed by atoms with E-state index in [1.54, 1.807) is 0 Å². The van der Waals surface area contributed by atoms with Gasteiger partial charge in [0.1, 0.15) is 5.82 Å². The van der Waals surface area contributed by atoms with Crippen molar-refractivity contribution in [3.63, 3.8) is 0 Å². The Morgan fingerprint density at radius 1 is 0.652 bits per heavy atom. The number of para-hydroxylation sites is 3. The van der Waals surface area contributed by atoms with Crippen molar-refractivity contribution >= 4 is 38.9 Å². The maximum atomic E-state index is 6.52. The van der Waals surface area contributed by atoms with Crippen LogP contribution >= 0.6 is 0 Å². The van der Waals surface area contributed by atoms with E-state index in [0.717, 1.165) is 71.4 Å². The van der Waals surface area contributed by atoms with Crippen LogP contribution in [0.2, 0.25) is 0 Å². The van der Waals surface area contributed by atoms with Crippen LogP contribution in [0, 0.1) is 24.7 Å². The summed E-state index contributed by atoms with van der Waals surface area (Å²) in [6, 6.07) is 53.8. The van der Waals surface area contributed by atoms with Crippen molar-refractivity contribution in [1.82, 2.24) is 9.55 Å². The second-order valence-electron chi connectivity index (χ2n) is 22.4. The topological polar surface area (TPSA) is 33.5 Å². The largest absolute Gasteiger partial charge is 0.517 e. The third kappa shape index (κ3) is 10.8. The molecule has 0 radical (unpaired) electrons. The molecule has 0 aliphatic carbocycles. The molecule has 0 saturated carbocycles. The minimum Gasteiger partial charge on any atom is -0.517 e. The molecule has 5 nitrogen and oxygen atoms in total. The van der Waals surface area contributed by atoms with Crippen molar-refractivity contribution in [1.29, 1.82) is 0 Å². The molecule has 0 unspecified atom stereocenters. The second-order valence-corrected chi connectivity index (χ2v) is 22.4. The number of ether oxygens (including phenoxy) is 1. The molecule has 0 saturated heterocycles. The number of nitrogens with zero attached hydrogens (tertiary/aromatic N) is 4. The first-order valence-electron chi connectivity index (χ1n) is 24.8. The third-order valence-corrected chi connectivity index (χ3v) is 13.5. The van der Waals surface area contributed by atoms with E-state index in [4.69, 9.17) is 9.72 Å². The van der Waals surface area contributed by atoms with Crippen LogP contribution in [0.4, 0.5) is 17.1 Å². The Morgan fingerprint density at radius 2 is 1.35 bits per heavy atom. The van der Waals surface area contributed by atoms with Crippen molar-refractivity contribution in [2.75, 3.05) is 16.3 Å². The normalized spacial score (nSPS) is 13.1. The van der Waals surface area contributed by atoms with Crippen molar-refractivity contribution in [3.05, 3.63) is 186 Å². The van der Waals surface area contributed by atoms with E-state index in [-0.39, 0.29) is 37.3 Å². The number of benzene rings is 6. The zero-order valence-electron chi connectivity index (χ0n) is 42.6. The van der Waals surface area contributed by atoms with Gasteiger partial charge in [-0.25, -0.2) is 4.98 Å². The van der Waals surface area contributed by atoms with Crippen molar-refractivity contribution < 1.29 is 25.8 Å². The van der Waals surface area contributed by atoms with E-state index in [1.807, 2.05) is 12.3 Å². The number of aromatic nitrogens is 2. The van der Waals surface area contributed by atoms with Crippen LogP contribution in [0.3, 0.4) is 0 Å². The minimum absolute atomic E-state index is 0. The third-order valence-electron chi connectivity index (χ3n) is 13.5. The number of rotatable bonds is 13. The molecule has 0 N–H and O–H groups in total. The zero-order valence-corrected chi connectivity index (χ0v) is 44.9. The predicted molar refractivity (Wildman–Crippen MR) is 287 cm³/mol. The van der Waals surface area contributed by atoms with E-state index >= 15 is 0 Å². The fourth-order valence-electron chi connectivity index (χ4n) is 9.70. The molecule has 3 heterocycles. The quantitative estimate of drug-likeness (QED) is 0.0851. The first-order valence-corrected chi connectivity index (χ1v) is 24.8. The van der Waals surface area contributed by atoms with Gasteiger partial charge in [0.25, 0.3) is 0 Å². The van der Waals surface area contributed by atoms with Gasteiger partial charge in [0.2, 0.25) is 0 Å². The van der Waals surface area contributed by atoms with Crippen molar-refractivity contribution in [2.45, 2.75) is 125 Å². The molecule has 6 aromatic carbocycles. The summed E-state index contributed by atoms with van der Waals surface area (Å²) in [6.45, 7) is 28.9. The molecule has 1 aliphatic heterocycles. The SMILES string of the molecule is CC(C)Cc1cccc(-c2cc(C(C)(C)C)cc(C(C)(C)C)c2)c1CCCCN1[CH-]N(c2[c-]c(COc3[c-]c4c(cc3)c3ccccc3n4-c3cc(C(C)(C)C)ccn3)ccc2)c2ccccc21.[Pt]. The Kier molecular flexibility index (Phi) is 14.4. The van der Waals surface area contributed by atoms with Crippen LogP contribution in [0.15, 0.2) is 134 Å². The summed E-state index contributed by atoms with van der Waals surface area (Å²) in [7, 11) is 0. The minimum atomic E-state index is -0.00453. The Balaban J connectivity index is 0.00000642. The molecule has 0 bridgehead atoms. The zero-order chi connectivity index (χ0) is 48.0. The molecular formula is C63H69N4OPt-3. The van der Waals surface area contributed by atoms with E-state index < -0.39 is 0 Å². The van der Waals surface area contributed by atoms with Gasteiger partial charge in [0.05, 0.1) is 6.61 Å². The van der Waals surface area contributed by atoms with Crippen molar-refractivity contribution in [3.8, 4) is 22.7 Å². The summed E-state index contributed by atoms with van der Waals surface area (Å²) >= 11 is 0. The molecule has 2 aromatic heterocycles. The summed E-state index contributed by atoms with van der Waals surface area (Å²) in [6.07, 6.45) is 6.21. The number of hydrogen-bond acceptors (Lipinski definition) is 4. The fraction of sp³-hybridized carbons (Fsp3) is 0.333. The van der Waals surface area contributed by atoms with Gasteiger partial charge < -0.3 is 19.1 Å². The molecule has 8 aromatic rings. The van der Waals surface area contributed by atoms with Crippen LogP contribution in [0.1, 0.15) is 122 Å². The van der Waals surface area contributed by atoms with Gasteiger partial charge in [0, 0.05) is 49.9 Å². The maximum Gasteiger partial charge on any atom is 0.135 e. The van der Waals surface area contributed by atoms with E-state index in [1.165, 1.54) is 50.0 Å². The monoisotopic (exact) mass is 1090 g/mol. The number of fused-ring (bicyclic) bond motifs is 4. The van der Waals surface area contributed by atoms with Gasteiger partial charge in [-0.2, -0.15) is 37.0 Å². The van der Waals surface area contributed by atoms with Gasteiger partial charge in [-0.3, -0.25) is 0 Å². The first-order chi connectivity index (χ1) is 32.4. The average molecular weight is 1090 g/mol. The smallest absolute Gasteiger partial charge is 0.135 e. The van der Waals surface area contributed by atoms with Gasteiger partial charge in [0.15, 0.2) is 0 Å². The van der Waals surface area contributed by atoms with Crippen LogP contribution in [-0.4, -0.2) is 16.1 Å². The van der Waals surface area contributed by atoms with Crippen LogP contribution in [0.5, 0.6) is 5.75 Å². The summed E-state index contributed by atoms with van der Waals surface area (Å²) in [5.74, 6) is 2.15. The predicted octanol–water partition coefficient (Wildman–Crippen LogP) is 16.2. The van der Waals surface area contributed by atoms with Gasteiger partial charge in [-0.1, -0.05) is 148 Å². The summed E-state index contributed by atoms with van der Waals surface area (Å²) in [5, 5.41) is 2.29. The van der Waals surface area contributed by atoms with Gasteiger partial charge in [-0.15, -0.1) is 28.8 Å². The number of pyridine rings is 1. The summed E-state index contributed by atoms with van der Waals surface area (Å²) in [5.41, 5.74) is 16.3.